The number of aliphatic carboxylic acids is 1. The summed E-state index contributed by atoms with van der Waals surface area (Å²) in [5.41, 5.74) is -0.812. The first kappa shape index (κ1) is 14.7. The minimum atomic E-state index is -0.855. The number of amides is 1. The molecule has 0 bridgehead atoms. The van der Waals surface area contributed by atoms with Crippen LogP contribution in [0, 0.1) is 5.41 Å². The van der Waals surface area contributed by atoms with Gasteiger partial charge in [0, 0.05) is 13.0 Å². The highest BCUT2D eigenvalue weighted by atomic mass is 16.5. The lowest BCUT2D eigenvalue weighted by atomic mass is 9.66. The maximum atomic E-state index is 11.6. The first-order chi connectivity index (χ1) is 8.60. The molecule has 1 aliphatic carbocycles. The van der Waals surface area contributed by atoms with E-state index in [1.165, 1.54) is 0 Å². The Morgan fingerprint density at radius 2 is 2.11 bits per heavy atom. The molecule has 2 N–H and O–H groups in total. The van der Waals surface area contributed by atoms with Crippen molar-refractivity contribution in [3.63, 3.8) is 0 Å². The quantitative estimate of drug-likeness (QED) is 0.481. The molecule has 0 radical (unpaired) electrons. The monoisotopic (exact) mass is 255 g/mol. The average molecular weight is 255 g/mol. The average Bonchev–Trinajstić information content (AvgIpc) is 2.28. The molecular formula is C13H21NO4. The maximum absolute atomic E-state index is 11.6. The summed E-state index contributed by atoms with van der Waals surface area (Å²) >= 11 is 0. The van der Waals surface area contributed by atoms with E-state index in [1.54, 1.807) is 6.08 Å². The second kappa shape index (κ2) is 7.16. The summed E-state index contributed by atoms with van der Waals surface area (Å²) in [4.78, 5) is 22.7. The number of nitrogens with one attached hydrogen (secondary N) is 1. The summed E-state index contributed by atoms with van der Waals surface area (Å²) in [7, 11) is 0. The third-order valence-corrected chi connectivity index (χ3v) is 3.30. The second-order valence-electron chi connectivity index (χ2n) is 4.66. The van der Waals surface area contributed by atoms with Crippen molar-refractivity contribution < 1.29 is 19.4 Å². The summed E-state index contributed by atoms with van der Waals surface area (Å²) in [6, 6.07) is 0. The standard InChI is InChI=1S/C13H21NO4/c1-2-3-8-18-9-7-14-11(15)10-13(12(16)17)5-4-6-13/h2H,1,3-10H2,(H,14,15)(H,16,17). The molecular weight excluding hydrogens is 234 g/mol. The molecule has 102 valence electrons. The molecule has 0 saturated heterocycles. The molecule has 5 heteroatoms. The molecule has 0 unspecified atom stereocenters. The highest BCUT2D eigenvalue weighted by Gasteiger charge is 2.45. The first-order valence-electron chi connectivity index (χ1n) is 6.29. The van der Waals surface area contributed by atoms with E-state index >= 15 is 0 Å². The highest BCUT2D eigenvalue weighted by molar-refractivity contribution is 5.85. The van der Waals surface area contributed by atoms with Crippen molar-refractivity contribution in [2.45, 2.75) is 32.1 Å². The predicted molar refractivity (Wildman–Crippen MR) is 67.2 cm³/mol. The molecule has 1 saturated carbocycles. The molecule has 1 aliphatic rings. The van der Waals surface area contributed by atoms with Crippen molar-refractivity contribution in [3.8, 4) is 0 Å². The molecule has 0 spiro atoms. The fraction of sp³-hybridized carbons (Fsp3) is 0.692. The Morgan fingerprint density at radius 3 is 2.61 bits per heavy atom. The summed E-state index contributed by atoms with van der Waals surface area (Å²) in [6.07, 6.45) is 4.73. The Balaban J connectivity index is 2.13. The van der Waals surface area contributed by atoms with Crippen LogP contribution in [0.3, 0.4) is 0 Å². The fourth-order valence-electron chi connectivity index (χ4n) is 1.97. The number of rotatable bonds is 9. The molecule has 18 heavy (non-hydrogen) atoms. The SMILES string of the molecule is C=CCCOCCNC(=O)CC1(C(=O)O)CCC1. The summed E-state index contributed by atoms with van der Waals surface area (Å²) < 4.78 is 5.24. The van der Waals surface area contributed by atoms with Crippen LogP contribution in [0.15, 0.2) is 12.7 Å². The maximum Gasteiger partial charge on any atom is 0.310 e. The zero-order chi connectivity index (χ0) is 13.4. The molecule has 0 aromatic carbocycles. The van der Waals surface area contributed by atoms with Crippen molar-refractivity contribution in [3.05, 3.63) is 12.7 Å². The lowest BCUT2D eigenvalue weighted by molar-refractivity contribution is -0.157. The van der Waals surface area contributed by atoms with E-state index in [1.807, 2.05) is 0 Å². The Bertz CT molecular complexity index is 310. The topological polar surface area (TPSA) is 75.6 Å². The highest BCUT2D eigenvalue weighted by Crippen LogP contribution is 2.44. The molecule has 0 aromatic rings. The number of carbonyl (C=O) groups is 2. The van der Waals surface area contributed by atoms with Crippen molar-refractivity contribution >= 4 is 11.9 Å². The number of carboxylic acids is 1. The van der Waals surface area contributed by atoms with Crippen LogP contribution in [-0.2, 0) is 14.3 Å². The van der Waals surface area contributed by atoms with Crippen LogP contribution in [0.4, 0.5) is 0 Å². The van der Waals surface area contributed by atoms with Gasteiger partial charge in [-0.05, 0) is 19.3 Å². The van der Waals surface area contributed by atoms with Gasteiger partial charge in [-0.1, -0.05) is 12.5 Å². The number of hydrogen-bond donors (Lipinski definition) is 2. The van der Waals surface area contributed by atoms with Crippen molar-refractivity contribution in [1.29, 1.82) is 0 Å². The van der Waals surface area contributed by atoms with E-state index in [-0.39, 0.29) is 12.3 Å². The second-order valence-corrected chi connectivity index (χ2v) is 4.66. The summed E-state index contributed by atoms with van der Waals surface area (Å²) in [5.74, 6) is -1.06. The smallest absolute Gasteiger partial charge is 0.310 e. The largest absolute Gasteiger partial charge is 0.481 e. The third kappa shape index (κ3) is 4.14. The zero-order valence-corrected chi connectivity index (χ0v) is 10.6. The van der Waals surface area contributed by atoms with Crippen LogP contribution in [0.25, 0.3) is 0 Å². The van der Waals surface area contributed by atoms with Gasteiger partial charge in [-0.2, -0.15) is 0 Å². The van der Waals surface area contributed by atoms with Gasteiger partial charge in [-0.15, -0.1) is 6.58 Å². The Kier molecular flexibility index (Phi) is 5.85. The summed E-state index contributed by atoms with van der Waals surface area (Å²) in [5, 5.41) is 11.8. The molecule has 0 aliphatic heterocycles. The van der Waals surface area contributed by atoms with Gasteiger partial charge in [0.05, 0.1) is 18.6 Å². The lowest BCUT2D eigenvalue weighted by Crippen LogP contribution is -2.43. The van der Waals surface area contributed by atoms with Gasteiger partial charge in [-0.25, -0.2) is 0 Å². The van der Waals surface area contributed by atoms with Gasteiger partial charge in [0.1, 0.15) is 0 Å². The van der Waals surface area contributed by atoms with Crippen LogP contribution in [0.5, 0.6) is 0 Å². The van der Waals surface area contributed by atoms with Crippen LogP contribution in [0.1, 0.15) is 32.1 Å². The molecule has 0 atom stereocenters. The van der Waals surface area contributed by atoms with Crippen LogP contribution in [0.2, 0.25) is 0 Å². The molecule has 1 amide bonds. The molecule has 0 heterocycles. The number of hydrogen-bond acceptors (Lipinski definition) is 3. The molecule has 1 fully saturated rings. The van der Waals surface area contributed by atoms with Gasteiger partial charge in [0.15, 0.2) is 0 Å². The van der Waals surface area contributed by atoms with E-state index in [2.05, 4.69) is 11.9 Å². The van der Waals surface area contributed by atoms with Crippen molar-refractivity contribution in [1.82, 2.24) is 5.32 Å². The Labute approximate surface area is 107 Å². The van der Waals surface area contributed by atoms with Gasteiger partial charge in [-0.3, -0.25) is 9.59 Å². The van der Waals surface area contributed by atoms with Crippen LogP contribution >= 0.6 is 0 Å². The van der Waals surface area contributed by atoms with Crippen molar-refractivity contribution in [2.24, 2.45) is 5.41 Å². The normalized spacial score (nSPS) is 16.7. The van der Waals surface area contributed by atoms with Gasteiger partial charge < -0.3 is 15.2 Å². The van der Waals surface area contributed by atoms with E-state index in [9.17, 15) is 9.59 Å². The molecule has 1 rings (SSSR count). The number of carboxylic acid groups (broad SMARTS) is 1. The first-order valence-corrected chi connectivity index (χ1v) is 6.29. The Hall–Kier alpha value is -1.36. The minimum absolute atomic E-state index is 0.0784. The number of carbonyl (C=O) groups excluding carboxylic acids is 1. The summed E-state index contributed by atoms with van der Waals surface area (Å²) in [6.45, 7) is 5.04. The minimum Gasteiger partial charge on any atom is -0.481 e. The molecule has 0 aromatic heterocycles. The third-order valence-electron chi connectivity index (χ3n) is 3.30. The van der Waals surface area contributed by atoms with Crippen LogP contribution in [-0.4, -0.2) is 36.7 Å². The van der Waals surface area contributed by atoms with Gasteiger partial charge in [0.25, 0.3) is 0 Å². The predicted octanol–water partition coefficient (Wildman–Crippen LogP) is 1.34. The fourth-order valence-corrected chi connectivity index (χ4v) is 1.97. The van der Waals surface area contributed by atoms with Crippen LogP contribution < -0.4 is 5.32 Å². The van der Waals surface area contributed by atoms with E-state index in [4.69, 9.17) is 9.84 Å². The van der Waals surface area contributed by atoms with E-state index in [0.717, 1.165) is 12.8 Å². The van der Waals surface area contributed by atoms with Crippen molar-refractivity contribution in [2.75, 3.05) is 19.8 Å². The number of ether oxygens (including phenoxy) is 1. The molecule has 5 nitrogen and oxygen atoms in total. The zero-order valence-electron chi connectivity index (χ0n) is 10.6. The lowest BCUT2D eigenvalue weighted by Gasteiger charge is -2.36. The van der Waals surface area contributed by atoms with Gasteiger partial charge >= 0.3 is 5.97 Å². The van der Waals surface area contributed by atoms with Gasteiger partial charge in [0.2, 0.25) is 5.91 Å². The van der Waals surface area contributed by atoms with E-state index < -0.39 is 11.4 Å². The Morgan fingerprint density at radius 1 is 1.39 bits per heavy atom. The van der Waals surface area contributed by atoms with E-state index in [0.29, 0.717) is 32.6 Å².